The average molecular weight is 344 g/mol. The van der Waals surface area contributed by atoms with E-state index >= 15 is 0 Å². The molecule has 0 amide bonds. The first-order valence-corrected chi connectivity index (χ1v) is 6.34. The molecule has 0 aliphatic heterocycles. The minimum Gasteiger partial charge on any atom is -0.510 e. The highest BCUT2D eigenvalue weighted by Crippen LogP contribution is 1.79. The maximum atomic E-state index is 9.29. The predicted octanol–water partition coefficient (Wildman–Crippen LogP) is 0.699. The van der Waals surface area contributed by atoms with E-state index in [0.717, 1.165) is 6.08 Å². The quantitative estimate of drug-likeness (QED) is 0.223. The first-order chi connectivity index (χ1) is 9.62. The van der Waals surface area contributed by atoms with Gasteiger partial charge in [0.2, 0.25) is 0 Å². The van der Waals surface area contributed by atoms with Crippen molar-refractivity contribution in [1.29, 1.82) is 0 Å². The van der Waals surface area contributed by atoms with E-state index < -0.39 is 17.9 Å². The fourth-order valence-corrected chi connectivity index (χ4v) is 0.0913. The Labute approximate surface area is 133 Å². The van der Waals surface area contributed by atoms with Crippen molar-refractivity contribution in [2.24, 2.45) is 0 Å². The van der Waals surface area contributed by atoms with Gasteiger partial charge in [-0.05, 0) is 13.0 Å². The standard InChI is InChI=1S/C4H8O2.C3H4O2.2C2H4O2S/c1-2-4(6)3-5;1-2-3(4)5;2*3-2(4)1-5/h2,5-6H,3H2,1H3;2H,1H2,(H,4,5);2*5H,1H2,(H,3,4). The molecule has 0 aliphatic rings. The van der Waals surface area contributed by atoms with Crippen molar-refractivity contribution in [2.75, 3.05) is 18.1 Å². The molecule has 0 aromatic carbocycles. The van der Waals surface area contributed by atoms with Gasteiger partial charge in [0.15, 0.2) is 0 Å². The summed E-state index contributed by atoms with van der Waals surface area (Å²) in [7, 11) is 0. The summed E-state index contributed by atoms with van der Waals surface area (Å²) >= 11 is 6.83. The van der Waals surface area contributed by atoms with Crippen molar-refractivity contribution in [2.45, 2.75) is 6.92 Å². The number of allylic oxidation sites excluding steroid dienone is 1. The van der Waals surface area contributed by atoms with Crippen molar-refractivity contribution < 1.29 is 39.9 Å². The zero-order valence-electron chi connectivity index (χ0n) is 11.3. The second-order valence-corrected chi connectivity index (χ2v) is 3.22. The maximum absolute atomic E-state index is 9.29. The molecule has 124 valence electrons. The normalized spacial score (nSPS) is 8.48. The summed E-state index contributed by atoms with van der Waals surface area (Å²) in [5.74, 6) is -2.89. The van der Waals surface area contributed by atoms with Crippen molar-refractivity contribution in [3.63, 3.8) is 0 Å². The largest absolute Gasteiger partial charge is 0.510 e. The van der Waals surface area contributed by atoms with Crippen LogP contribution in [0.2, 0.25) is 0 Å². The van der Waals surface area contributed by atoms with E-state index in [1.54, 1.807) is 6.92 Å². The van der Waals surface area contributed by atoms with Crippen LogP contribution in [0.4, 0.5) is 0 Å². The molecule has 0 radical (unpaired) electrons. The molecular weight excluding hydrogens is 324 g/mol. The topological polar surface area (TPSA) is 152 Å². The Balaban J connectivity index is -0.0000000921. The lowest BCUT2D eigenvalue weighted by Gasteiger charge is -1.84. The number of thiol groups is 2. The Morgan fingerprint density at radius 3 is 1.24 bits per heavy atom. The molecule has 0 bridgehead atoms. The van der Waals surface area contributed by atoms with Crippen LogP contribution in [0.1, 0.15) is 6.92 Å². The first-order valence-electron chi connectivity index (χ1n) is 5.08. The Kier molecular flexibility index (Phi) is 30.9. The van der Waals surface area contributed by atoms with Gasteiger partial charge in [-0.3, -0.25) is 9.59 Å². The summed E-state index contributed by atoms with van der Waals surface area (Å²) in [5, 5.41) is 39.2. The molecular formula is C11H20O8S2. The van der Waals surface area contributed by atoms with E-state index in [0.29, 0.717) is 0 Å². The zero-order valence-corrected chi connectivity index (χ0v) is 13.1. The van der Waals surface area contributed by atoms with Gasteiger partial charge in [0.25, 0.3) is 0 Å². The van der Waals surface area contributed by atoms with E-state index in [1.807, 2.05) is 0 Å². The highest BCUT2D eigenvalue weighted by atomic mass is 32.1. The molecule has 0 atom stereocenters. The molecule has 0 aliphatic carbocycles. The van der Waals surface area contributed by atoms with Gasteiger partial charge >= 0.3 is 17.9 Å². The lowest BCUT2D eigenvalue weighted by Crippen LogP contribution is -1.92. The van der Waals surface area contributed by atoms with Crippen LogP contribution >= 0.6 is 25.3 Å². The summed E-state index contributed by atoms with van der Waals surface area (Å²) < 4.78 is 0. The van der Waals surface area contributed by atoms with E-state index in [2.05, 4.69) is 31.8 Å². The van der Waals surface area contributed by atoms with Gasteiger partial charge in [0.05, 0.1) is 18.1 Å². The molecule has 21 heavy (non-hydrogen) atoms. The lowest BCUT2D eigenvalue weighted by molar-refractivity contribution is -0.134. The molecule has 5 N–H and O–H groups in total. The second-order valence-electron chi connectivity index (χ2n) is 2.58. The molecule has 0 spiro atoms. The van der Waals surface area contributed by atoms with Gasteiger partial charge in [-0.1, -0.05) is 6.58 Å². The average Bonchev–Trinajstić information content (AvgIpc) is 2.47. The van der Waals surface area contributed by atoms with Crippen LogP contribution in [-0.4, -0.2) is 61.6 Å². The Morgan fingerprint density at radius 2 is 1.24 bits per heavy atom. The van der Waals surface area contributed by atoms with Crippen molar-refractivity contribution in [3.8, 4) is 0 Å². The van der Waals surface area contributed by atoms with E-state index in [9.17, 15) is 14.4 Å². The smallest absolute Gasteiger partial charge is 0.327 e. The molecule has 0 rings (SSSR count). The number of hydrogen-bond donors (Lipinski definition) is 7. The van der Waals surface area contributed by atoms with Gasteiger partial charge in [-0.2, -0.15) is 25.3 Å². The SMILES string of the molecule is C=CC(=O)O.CC=C(O)CO.O=C(O)CS.O=C(O)CS. The third-order valence-corrected chi connectivity index (χ3v) is 1.48. The number of carboxylic acids is 3. The summed E-state index contributed by atoms with van der Waals surface area (Å²) in [6.45, 7) is 4.37. The third kappa shape index (κ3) is 70.4. The monoisotopic (exact) mass is 344 g/mol. The van der Waals surface area contributed by atoms with Gasteiger partial charge in [0, 0.05) is 6.08 Å². The lowest BCUT2D eigenvalue weighted by atomic mass is 10.5. The van der Waals surface area contributed by atoms with Crippen LogP contribution < -0.4 is 0 Å². The van der Waals surface area contributed by atoms with Crippen molar-refractivity contribution in [1.82, 2.24) is 0 Å². The van der Waals surface area contributed by atoms with Crippen LogP contribution in [0.25, 0.3) is 0 Å². The van der Waals surface area contributed by atoms with Crippen LogP contribution in [-0.2, 0) is 14.4 Å². The third-order valence-electron chi connectivity index (χ3n) is 0.940. The van der Waals surface area contributed by atoms with E-state index in [-0.39, 0.29) is 23.9 Å². The van der Waals surface area contributed by atoms with Crippen LogP contribution in [0.5, 0.6) is 0 Å². The molecule has 0 aromatic rings. The molecule has 10 heteroatoms. The van der Waals surface area contributed by atoms with Gasteiger partial charge in [0.1, 0.15) is 5.76 Å². The van der Waals surface area contributed by atoms with Crippen LogP contribution in [0.15, 0.2) is 24.5 Å². The Bertz CT molecular complexity index is 314. The fraction of sp³-hybridized carbons (Fsp3) is 0.364. The van der Waals surface area contributed by atoms with Gasteiger partial charge < -0.3 is 25.5 Å². The summed E-state index contributed by atoms with van der Waals surface area (Å²) in [5.41, 5.74) is 0. The highest BCUT2D eigenvalue weighted by molar-refractivity contribution is 7.81. The van der Waals surface area contributed by atoms with Gasteiger partial charge in [-0.15, -0.1) is 0 Å². The number of aliphatic hydroxyl groups excluding tert-OH is 2. The molecule has 0 saturated carbocycles. The highest BCUT2D eigenvalue weighted by Gasteiger charge is 1.82. The number of carbonyl (C=O) groups is 3. The first kappa shape index (κ1) is 27.7. The zero-order chi connectivity index (χ0) is 17.8. The Morgan fingerprint density at radius 1 is 1.00 bits per heavy atom. The van der Waals surface area contributed by atoms with E-state index in [1.165, 1.54) is 6.08 Å². The van der Waals surface area contributed by atoms with Crippen LogP contribution in [0.3, 0.4) is 0 Å². The van der Waals surface area contributed by atoms with Crippen molar-refractivity contribution >= 4 is 43.2 Å². The van der Waals surface area contributed by atoms with Gasteiger partial charge in [-0.25, -0.2) is 4.79 Å². The van der Waals surface area contributed by atoms with Crippen LogP contribution in [0, 0.1) is 0 Å². The number of aliphatic carboxylic acids is 3. The Hall–Kier alpha value is -1.65. The minimum absolute atomic E-state index is 0.0231. The predicted molar refractivity (Wildman–Crippen MR) is 84.3 cm³/mol. The van der Waals surface area contributed by atoms with Crippen molar-refractivity contribution in [3.05, 3.63) is 24.5 Å². The summed E-state index contributed by atoms with van der Waals surface area (Å²) in [6.07, 6.45) is 2.28. The summed E-state index contributed by atoms with van der Waals surface area (Å²) in [4.78, 5) is 27.8. The molecule has 0 fully saturated rings. The number of rotatable bonds is 4. The second kappa shape index (κ2) is 23.4. The number of aliphatic hydroxyl groups is 2. The maximum Gasteiger partial charge on any atom is 0.327 e. The number of hydrogen-bond acceptors (Lipinski definition) is 7. The molecule has 0 heterocycles. The summed E-state index contributed by atoms with van der Waals surface area (Å²) in [6, 6.07) is 0. The molecule has 0 unspecified atom stereocenters. The molecule has 0 saturated heterocycles. The number of carboxylic acid groups (broad SMARTS) is 3. The fourth-order valence-electron chi connectivity index (χ4n) is 0.0913. The molecule has 8 nitrogen and oxygen atoms in total. The van der Waals surface area contributed by atoms with E-state index in [4.69, 9.17) is 25.5 Å². The minimum atomic E-state index is -0.981. The molecule has 0 aromatic heterocycles.